The number of rotatable bonds is 4. The Morgan fingerprint density at radius 2 is 2.37 bits per heavy atom. The van der Waals surface area contributed by atoms with E-state index >= 15 is 0 Å². The van der Waals surface area contributed by atoms with Crippen molar-refractivity contribution in [3.05, 3.63) is 43.2 Å². The number of aromatic amines is 1. The zero-order valence-electron chi connectivity index (χ0n) is 9.59. The molecular weight excluding hydrogens is 262 g/mol. The van der Waals surface area contributed by atoms with Crippen LogP contribution in [-0.2, 0) is 9.57 Å². The lowest BCUT2D eigenvalue weighted by molar-refractivity contribution is -0.769. The Balaban J connectivity index is 2.21. The first-order chi connectivity index (χ1) is 9.01. The SMILES string of the molecule is O=c1ccn(C2CC(O[N+](=O)[O-])C(CO)O2)c(=O)[nH]1. The molecule has 2 N–H and O–H groups in total. The van der Waals surface area contributed by atoms with Crippen molar-refractivity contribution in [1.29, 1.82) is 0 Å². The second kappa shape index (κ2) is 5.20. The van der Waals surface area contributed by atoms with Gasteiger partial charge in [0.25, 0.3) is 10.6 Å². The van der Waals surface area contributed by atoms with Crippen LogP contribution in [0, 0.1) is 10.1 Å². The van der Waals surface area contributed by atoms with Crippen LogP contribution in [0.25, 0.3) is 0 Å². The standard InChI is InChI=1S/C9H11N3O7/c13-4-6-5(19-12(16)17)3-8(18-6)11-2-1-7(14)10-9(11)15/h1-2,5-6,8,13H,3-4H2,(H,10,14,15). The zero-order chi connectivity index (χ0) is 14.0. The fraction of sp³-hybridized carbons (Fsp3) is 0.556. The van der Waals surface area contributed by atoms with Gasteiger partial charge in [0.2, 0.25) is 0 Å². The summed E-state index contributed by atoms with van der Waals surface area (Å²) >= 11 is 0. The first kappa shape index (κ1) is 13.2. The molecule has 1 fully saturated rings. The summed E-state index contributed by atoms with van der Waals surface area (Å²) in [6.45, 7) is -0.479. The molecule has 19 heavy (non-hydrogen) atoms. The Morgan fingerprint density at radius 3 is 2.95 bits per heavy atom. The molecule has 0 spiro atoms. The maximum atomic E-state index is 11.5. The molecule has 0 saturated carbocycles. The molecule has 1 aromatic heterocycles. The van der Waals surface area contributed by atoms with E-state index in [4.69, 9.17) is 9.84 Å². The molecule has 3 atom stereocenters. The van der Waals surface area contributed by atoms with Crippen LogP contribution >= 0.6 is 0 Å². The van der Waals surface area contributed by atoms with E-state index in [0.717, 1.165) is 10.6 Å². The number of H-pyrrole nitrogens is 1. The van der Waals surface area contributed by atoms with E-state index < -0.39 is 41.4 Å². The van der Waals surface area contributed by atoms with Crippen molar-refractivity contribution >= 4 is 0 Å². The smallest absolute Gasteiger partial charge is 0.330 e. The maximum Gasteiger partial charge on any atom is 0.330 e. The molecule has 0 amide bonds. The summed E-state index contributed by atoms with van der Waals surface area (Å²) in [5.74, 6) is 0. The number of nitrogens with zero attached hydrogens (tertiary/aromatic N) is 2. The van der Waals surface area contributed by atoms with Crippen LogP contribution in [0.2, 0.25) is 0 Å². The highest BCUT2D eigenvalue weighted by Gasteiger charge is 2.38. The molecule has 0 aromatic carbocycles. The summed E-state index contributed by atoms with van der Waals surface area (Å²) in [4.78, 5) is 39.2. The zero-order valence-corrected chi connectivity index (χ0v) is 9.59. The van der Waals surface area contributed by atoms with Crippen molar-refractivity contribution in [3.8, 4) is 0 Å². The minimum absolute atomic E-state index is 0.0121. The first-order valence-corrected chi connectivity index (χ1v) is 5.40. The number of hydrogen-bond donors (Lipinski definition) is 2. The lowest BCUT2D eigenvalue weighted by atomic mass is 10.2. The summed E-state index contributed by atoms with van der Waals surface area (Å²) in [6, 6.07) is 1.13. The number of nitrogens with one attached hydrogen (secondary N) is 1. The van der Waals surface area contributed by atoms with Crippen molar-refractivity contribution in [2.24, 2.45) is 0 Å². The number of aliphatic hydroxyl groups is 1. The van der Waals surface area contributed by atoms with Gasteiger partial charge >= 0.3 is 5.69 Å². The van der Waals surface area contributed by atoms with Crippen molar-refractivity contribution < 1.29 is 19.8 Å². The summed E-state index contributed by atoms with van der Waals surface area (Å²) < 4.78 is 6.37. The first-order valence-electron chi connectivity index (χ1n) is 5.40. The van der Waals surface area contributed by atoms with Gasteiger partial charge in [-0.3, -0.25) is 14.3 Å². The van der Waals surface area contributed by atoms with Crippen LogP contribution in [0.15, 0.2) is 21.9 Å². The Labute approximate surface area is 105 Å². The maximum absolute atomic E-state index is 11.5. The van der Waals surface area contributed by atoms with Crippen LogP contribution < -0.4 is 11.2 Å². The molecular formula is C9H11N3O7. The van der Waals surface area contributed by atoms with Gasteiger partial charge in [-0.25, -0.2) is 4.79 Å². The highest BCUT2D eigenvalue weighted by Crippen LogP contribution is 2.29. The molecule has 0 aliphatic carbocycles. The molecule has 0 bridgehead atoms. The highest BCUT2D eigenvalue weighted by molar-refractivity contribution is 4.88. The fourth-order valence-electron chi connectivity index (χ4n) is 1.91. The molecule has 2 heterocycles. The average Bonchev–Trinajstić information content (AvgIpc) is 2.71. The van der Waals surface area contributed by atoms with Gasteiger partial charge in [0.1, 0.15) is 18.4 Å². The summed E-state index contributed by atoms with van der Waals surface area (Å²) in [6.07, 6.45) is -1.49. The topological polar surface area (TPSA) is 137 Å². The van der Waals surface area contributed by atoms with Gasteiger partial charge in [-0.05, 0) is 0 Å². The molecule has 3 unspecified atom stereocenters. The minimum Gasteiger partial charge on any atom is -0.394 e. The van der Waals surface area contributed by atoms with Gasteiger partial charge in [0, 0.05) is 18.7 Å². The monoisotopic (exact) mass is 273 g/mol. The summed E-state index contributed by atoms with van der Waals surface area (Å²) in [5, 5.41) is 18.4. The molecule has 0 radical (unpaired) electrons. The van der Waals surface area contributed by atoms with Crippen LogP contribution in [0.5, 0.6) is 0 Å². The van der Waals surface area contributed by atoms with Gasteiger partial charge in [-0.15, -0.1) is 10.1 Å². The van der Waals surface area contributed by atoms with Crippen LogP contribution in [0.4, 0.5) is 0 Å². The predicted octanol–water partition coefficient (Wildman–Crippen LogP) is -1.61. The van der Waals surface area contributed by atoms with Gasteiger partial charge in [-0.1, -0.05) is 0 Å². The van der Waals surface area contributed by atoms with Gasteiger partial charge in [0.15, 0.2) is 0 Å². The quantitative estimate of drug-likeness (QED) is 0.497. The number of hydrogen-bond acceptors (Lipinski definition) is 7. The van der Waals surface area contributed by atoms with Crippen LogP contribution in [-0.4, -0.2) is 38.6 Å². The average molecular weight is 273 g/mol. The van der Waals surface area contributed by atoms with E-state index in [1.165, 1.54) is 6.20 Å². The van der Waals surface area contributed by atoms with E-state index in [9.17, 15) is 19.7 Å². The van der Waals surface area contributed by atoms with E-state index in [-0.39, 0.29) is 6.42 Å². The number of aliphatic hydroxyl groups excluding tert-OH is 1. The van der Waals surface area contributed by atoms with Crippen molar-refractivity contribution in [2.75, 3.05) is 6.61 Å². The summed E-state index contributed by atoms with van der Waals surface area (Å²) in [5.41, 5.74) is -1.26. The molecule has 1 aliphatic rings. The van der Waals surface area contributed by atoms with Crippen LogP contribution in [0.1, 0.15) is 12.6 Å². The van der Waals surface area contributed by atoms with Crippen molar-refractivity contribution in [2.45, 2.75) is 24.9 Å². The lowest BCUT2D eigenvalue weighted by Crippen LogP contribution is -2.31. The molecule has 10 nitrogen and oxygen atoms in total. The Kier molecular flexibility index (Phi) is 3.62. The normalized spacial score (nSPS) is 26.3. The molecule has 2 rings (SSSR count). The molecule has 1 aliphatic heterocycles. The Bertz CT molecular complexity index is 580. The Morgan fingerprint density at radius 1 is 1.63 bits per heavy atom. The van der Waals surface area contributed by atoms with Crippen LogP contribution in [0.3, 0.4) is 0 Å². The fourth-order valence-corrected chi connectivity index (χ4v) is 1.91. The molecule has 10 heteroatoms. The number of aromatic nitrogens is 2. The lowest BCUT2D eigenvalue weighted by Gasteiger charge is -2.14. The minimum atomic E-state index is -0.977. The van der Waals surface area contributed by atoms with Gasteiger partial charge in [0.05, 0.1) is 6.61 Å². The highest BCUT2D eigenvalue weighted by atomic mass is 17.0. The third-order valence-corrected chi connectivity index (χ3v) is 2.74. The molecule has 1 saturated heterocycles. The van der Waals surface area contributed by atoms with E-state index in [1.807, 2.05) is 4.98 Å². The third-order valence-electron chi connectivity index (χ3n) is 2.74. The second-order valence-corrected chi connectivity index (χ2v) is 3.93. The largest absolute Gasteiger partial charge is 0.394 e. The molecule has 104 valence electrons. The third kappa shape index (κ3) is 2.80. The second-order valence-electron chi connectivity index (χ2n) is 3.93. The molecule has 1 aromatic rings. The van der Waals surface area contributed by atoms with Gasteiger partial charge < -0.3 is 14.7 Å². The van der Waals surface area contributed by atoms with Crippen molar-refractivity contribution in [3.63, 3.8) is 0 Å². The van der Waals surface area contributed by atoms with Crippen molar-refractivity contribution in [1.82, 2.24) is 9.55 Å². The summed E-state index contributed by atoms with van der Waals surface area (Å²) in [7, 11) is 0. The number of ether oxygens (including phenoxy) is 1. The van der Waals surface area contributed by atoms with E-state index in [0.29, 0.717) is 0 Å². The van der Waals surface area contributed by atoms with E-state index in [1.54, 1.807) is 0 Å². The predicted molar refractivity (Wildman–Crippen MR) is 58.8 cm³/mol. The van der Waals surface area contributed by atoms with Gasteiger partial charge in [-0.2, -0.15) is 0 Å². The Hall–Kier alpha value is -2.20. The van der Waals surface area contributed by atoms with E-state index in [2.05, 4.69) is 4.84 Å².